The van der Waals surface area contributed by atoms with Gasteiger partial charge in [-0.3, -0.25) is 4.79 Å². The Morgan fingerprint density at radius 2 is 1.89 bits per heavy atom. The van der Waals surface area contributed by atoms with E-state index >= 15 is 0 Å². The van der Waals surface area contributed by atoms with Crippen molar-refractivity contribution in [3.63, 3.8) is 0 Å². The van der Waals surface area contributed by atoms with Crippen LogP contribution in [0.3, 0.4) is 0 Å². The SMILES string of the molecule is C=C/C=C(\C=C)Nc1cc(=O)c2ccc(C(C)C)nc2n1C1C=CC=CC=C1. The number of allylic oxidation sites excluding steroid dienone is 9. The predicted molar refractivity (Wildman–Crippen MR) is 119 cm³/mol. The van der Waals surface area contributed by atoms with Crippen molar-refractivity contribution in [1.82, 2.24) is 9.55 Å². The van der Waals surface area contributed by atoms with Crippen molar-refractivity contribution in [2.24, 2.45) is 0 Å². The number of fused-ring (bicyclic) bond motifs is 1. The standard InChI is InChI=1S/C24H25N3O/c1-5-11-18(6-2)25-23-16-22(28)20-14-15-21(17(3)4)26-24(20)27(23)19-12-9-7-8-10-13-19/h5-17,19,25H,1-2H2,3-4H3/b18-11+. The monoisotopic (exact) mass is 371 g/mol. The minimum atomic E-state index is -0.0923. The van der Waals surface area contributed by atoms with Gasteiger partial charge in [-0.15, -0.1) is 0 Å². The van der Waals surface area contributed by atoms with Gasteiger partial charge in [-0.05, 0) is 30.2 Å². The number of rotatable bonds is 6. The van der Waals surface area contributed by atoms with Crippen molar-refractivity contribution < 1.29 is 0 Å². The van der Waals surface area contributed by atoms with Gasteiger partial charge in [0.1, 0.15) is 11.5 Å². The lowest BCUT2D eigenvalue weighted by Gasteiger charge is -2.22. The molecule has 0 spiro atoms. The highest BCUT2D eigenvalue weighted by Gasteiger charge is 2.17. The van der Waals surface area contributed by atoms with Crippen LogP contribution in [0.4, 0.5) is 5.82 Å². The summed E-state index contributed by atoms with van der Waals surface area (Å²) in [6, 6.07) is 5.32. The minimum absolute atomic E-state index is 0.0710. The van der Waals surface area contributed by atoms with Crippen LogP contribution in [-0.4, -0.2) is 9.55 Å². The first kappa shape index (κ1) is 19.4. The van der Waals surface area contributed by atoms with Crippen LogP contribution in [0.1, 0.15) is 31.5 Å². The third kappa shape index (κ3) is 3.96. The lowest BCUT2D eigenvalue weighted by Crippen LogP contribution is -2.19. The molecule has 4 nitrogen and oxygen atoms in total. The Balaban J connectivity index is 2.32. The van der Waals surface area contributed by atoms with Crippen molar-refractivity contribution in [2.75, 3.05) is 5.32 Å². The van der Waals surface area contributed by atoms with Crippen LogP contribution < -0.4 is 10.7 Å². The molecule has 1 aliphatic carbocycles. The molecule has 0 radical (unpaired) electrons. The lowest BCUT2D eigenvalue weighted by atomic mass is 10.1. The van der Waals surface area contributed by atoms with E-state index in [0.29, 0.717) is 16.9 Å². The van der Waals surface area contributed by atoms with E-state index < -0.39 is 0 Å². The lowest BCUT2D eigenvalue weighted by molar-refractivity contribution is 0.736. The van der Waals surface area contributed by atoms with Crippen LogP contribution >= 0.6 is 0 Å². The highest BCUT2D eigenvalue weighted by molar-refractivity contribution is 5.78. The Labute approximate surface area is 165 Å². The molecule has 1 N–H and O–H groups in total. The van der Waals surface area contributed by atoms with E-state index in [1.165, 1.54) is 0 Å². The molecular formula is C24H25N3O. The van der Waals surface area contributed by atoms with Gasteiger partial charge in [0.25, 0.3) is 0 Å². The second-order valence-corrected chi connectivity index (χ2v) is 6.86. The van der Waals surface area contributed by atoms with Crippen LogP contribution in [0.5, 0.6) is 0 Å². The quantitative estimate of drug-likeness (QED) is 0.691. The number of hydrogen-bond acceptors (Lipinski definition) is 3. The van der Waals surface area contributed by atoms with Gasteiger partial charge in [-0.1, -0.05) is 69.5 Å². The van der Waals surface area contributed by atoms with Gasteiger partial charge in [-0.2, -0.15) is 0 Å². The Bertz CT molecular complexity index is 1060. The zero-order chi connectivity index (χ0) is 20.1. The minimum Gasteiger partial charge on any atom is -0.341 e. The van der Waals surface area contributed by atoms with E-state index in [1.54, 1.807) is 18.2 Å². The van der Waals surface area contributed by atoms with Crippen LogP contribution in [-0.2, 0) is 0 Å². The van der Waals surface area contributed by atoms with Crippen molar-refractivity contribution in [3.8, 4) is 0 Å². The summed E-state index contributed by atoms with van der Waals surface area (Å²) in [7, 11) is 0. The molecule has 0 atom stereocenters. The van der Waals surface area contributed by atoms with Crippen molar-refractivity contribution >= 4 is 16.9 Å². The van der Waals surface area contributed by atoms with E-state index in [4.69, 9.17) is 4.98 Å². The number of pyridine rings is 2. The predicted octanol–water partition coefficient (Wildman–Crippen LogP) is 5.41. The van der Waals surface area contributed by atoms with Crippen molar-refractivity contribution in [3.05, 3.63) is 108 Å². The zero-order valence-electron chi connectivity index (χ0n) is 16.3. The molecule has 2 aromatic heterocycles. The average Bonchev–Trinajstić information content (AvgIpc) is 2.96. The largest absolute Gasteiger partial charge is 0.341 e. The van der Waals surface area contributed by atoms with Gasteiger partial charge in [0, 0.05) is 17.5 Å². The summed E-state index contributed by atoms with van der Waals surface area (Å²) in [5.74, 6) is 0.913. The highest BCUT2D eigenvalue weighted by atomic mass is 16.1. The summed E-state index contributed by atoms with van der Waals surface area (Å²) in [5, 5.41) is 3.90. The first-order valence-electron chi connectivity index (χ1n) is 9.35. The molecule has 2 heterocycles. The van der Waals surface area contributed by atoms with Gasteiger partial charge in [0.2, 0.25) is 0 Å². The maximum atomic E-state index is 12.8. The molecule has 2 aromatic rings. The Kier molecular flexibility index (Phi) is 5.90. The normalized spacial score (nSPS) is 14.5. The van der Waals surface area contributed by atoms with Crippen molar-refractivity contribution in [1.29, 1.82) is 0 Å². The molecule has 0 unspecified atom stereocenters. The number of nitrogens with zero attached hydrogens (tertiary/aromatic N) is 2. The molecule has 3 rings (SSSR count). The van der Waals surface area contributed by atoms with Crippen molar-refractivity contribution in [2.45, 2.75) is 25.8 Å². The van der Waals surface area contributed by atoms with E-state index in [-0.39, 0.29) is 17.4 Å². The molecule has 4 heteroatoms. The Morgan fingerprint density at radius 1 is 1.18 bits per heavy atom. The average molecular weight is 371 g/mol. The fourth-order valence-corrected chi connectivity index (χ4v) is 3.10. The van der Waals surface area contributed by atoms with E-state index in [9.17, 15) is 4.79 Å². The fourth-order valence-electron chi connectivity index (χ4n) is 3.10. The fraction of sp³-hybridized carbons (Fsp3) is 0.167. The molecule has 0 saturated heterocycles. The van der Waals surface area contributed by atoms with Crippen LogP contribution in [0.25, 0.3) is 11.0 Å². The first-order chi connectivity index (χ1) is 13.5. The van der Waals surface area contributed by atoms with E-state index in [2.05, 4.69) is 44.5 Å². The maximum Gasteiger partial charge on any atom is 0.193 e. The number of hydrogen-bond donors (Lipinski definition) is 1. The molecule has 1 aliphatic rings. The third-order valence-electron chi connectivity index (χ3n) is 4.55. The third-order valence-corrected chi connectivity index (χ3v) is 4.55. The summed E-state index contributed by atoms with van der Waals surface area (Å²) in [5.41, 5.74) is 2.29. The maximum absolute atomic E-state index is 12.8. The number of nitrogens with one attached hydrogen (secondary N) is 1. The van der Waals surface area contributed by atoms with Crippen LogP contribution in [0, 0.1) is 0 Å². The Morgan fingerprint density at radius 3 is 2.50 bits per heavy atom. The molecule has 0 amide bonds. The molecule has 0 fully saturated rings. The number of anilines is 1. The topological polar surface area (TPSA) is 46.9 Å². The summed E-state index contributed by atoms with van der Waals surface area (Å²) in [6.45, 7) is 11.8. The van der Waals surface area contributed by atoms with Gasteiger partial charge in [0.05, 0.1) is 11.4 Å². The van der Waals surface area contributed by atoms with Gasteiger partial charge in [0.15, 0.2) is 5.43 Å². The smallest absolute Gasteiger partial charge is 0.193 e. The molecule has 0 saturated carbocycles. The summed E-state index contributed by atoms with van der Waals surface area (Å²) in [4.78, 5) is 17.7. The second-order valence-electron chi connectivity index (χ2n) is 6.86. The molecule has 0 aromatic carbocycles. The zero-order valence-corrected chi connectivity index (χ0v) is 16.3. The molecule has 28 heavy (non-hydrogen) atoms. The summed E-state index contributed by atoms with van der Waals surface area (Å²) < 4.78 is 2.04. The Hall–Kier alpha value is -3.40. The van der Waals surface area contributed by atoms with E-state index in [1.807, 2.05) is 47.1 Å². The second kappa shape index (κ2) is 8.53. The van der Waals surface area contributed by atoms with Gasteiger partial charge >= 0.3 is 0 Å². The van der Waals surface area contributed by atoms with E-state index in [0.717, 1.165) is 11.4 Å². The molecule has 0 bridgehead atoms. The highest BCUT2D eigenvalue weighted by Crippen LogP contribution is 2.26. The first-order valence-corrected chi connectivity index (χ1v) is 9.35. The number of aromatic nitrogens is 2. The van der Waals surface area contributed by atoms with Crippen LogP contribution in [0.15, 0.2) is 96.5 Å². The molecule has 142 valence electrons. The van der Waals surface area contributed by atoms with Gasteiger partial charge < -0.3 is 9.88 Å². The van der Waals surface area contributed by atoms with Crippen LogP contribution in [0.2, 0.25) is 0 Å². The summed E-state index contributed by atoms with van der Waals surface area (Å²) in [6.07, 6.45) is 17.3. The molecule has 0 aliphatic heterocycles. The molecular weight excluding hydrogens is 346 g/mol. The van der Waals surface area contributed by atoms with Gasteiger partial charge in [-0.25, -0.2) is 4.98 Å². The summed E-state index contributed by atoms with van der Waals surface area (Å²) >= 11 is 0.